The van der Waals surface area contributed by atoms with E-state index in [2.05, 4.69) is 43.2 Å². The zero-order chi connectivity index (χ0) is 13.7. The zero-order valence-corrected chi connectivity index (χ0v) is 12.8. The van der Waals surface area contributed by atoms with Crippen molar-refractivity contribution in [2.45, 2.75) is 26.2 Å². The molecule has 0 aromatic carbocycles. The molecule has 5 nitrogen and oxygen atoms in total. The van der Waals surface area contributed by atoms with Crippen molar-refractivity contribution in [1.82, 2.24) is 19.7 Å². The summed E-state index contributed by atoms with van der Waals surface area (Å²) < 4.78 is 2.64. The number of halogens is 1. The molecule has 2 aromatic heterocycles. The van der Waals surface area contributed by atoms with Crippen LogP contribution in [0.15, 0.2) is 22.9 Å². The minimum atomic E-state index is 0.812. The van der Waals surface area contributed by atoms with Crippen LogP contribution in [0.2, 0.25) is 0 Å². The molecule has 6 heteroatoms. The minimum Gasteiger partial charge on any atom is -0.370 e. The van der Waals surface area contributed by atoms with Gasteiger partial charge in [-0.25, -0.2) is 9.97 Å². The van der Waals surface area contributed by atoms with E-state index < -0.39 is 0 Å². The Hall–Kier alpha value is -1.43. The van der Waals surface area contributed by atoms with Crippen molar-refractivity contribution in [3.05, 3.63) is 34.5 Å². The van der Waals surface area contributed by atoms with Gasteiger partial charge in [0.2, 0.25) is 0 Å². The molecular weight excluding hydrogens is 306 g/mol. The molecule has 19 heavy (non-hydrogen) atoms. The first-order chi connectivity index (χ1) is 9.17. The number of aryl methyl sites for hydroxylation is 2. The van der Waals surface area contributed by atoms with E-state index >= 15 is 0 Å². The van der Waals surface area contributed by atoms with Crippen LogP contribution in [0.4, 0.5) is 5.82 Å². The van der Waals surface area contributed by atoms with Gasteiger partial charge in [0.25, 0.3) is 0 Å². The smallest absolute Gasteiger partial charge is 0.132 e. The maximum Gasteiger partial charge on any atom is 0.132 e. The lowest BCUT2D eigenvalue weighted by Crippen LogP contribution is -2.09. The van der Waals surface area contributed by atoms with Crippen LogP contribution < -0.4 is 5.32 Å². The molecule has 0 fully saturated rings. The number of hydrogen-bond donors (Lipinski definition) is 1. The summed E-state index contributed by atoms with van der Waals surface area (Å²) in [6, 6.07) is 3.93. The van der Waals surface area contributed by atoms with Crippen LogP contribution >= 0.6 is 15.9 Å². The van der Waals surface area contributed by atoms with E-state index in [0.717, 1.165) is 47.7 Å². The average molecular weight is 324 g/mol. The van der Waals surface area contributed by atoms with Crippen LogP contribution in [-0.4, -0.2) is 26.3 Å². The van der Waals surface area contributed by atoms with Crippen LogP contribution in [0, 0.1) is 0 Å². The number of nitrogens with one attached hydrogen (secondary N) is 1. The van der Waals surface area contributed by atoms with Crippen LogP contribution in [0.5, 0.6) is 0 Å². The molecule has 0 aliphatic carbocycles. The molecule has 2 heterocycles. The summed E-state index contributed by atoms with van der Waals surface area (Å²) in [7, 11) is 1.93. The molecule has 0 saturated carbocycles. The number of hydrogen-bond acceptors (Lipinski definition) is 4. The lowest BCUT2D eigenvalue weighted by atomic mass is 10.3. The Morgan fingerprint density at radius 2 is 2.16 bits per heavy atom. The zero-order valence-electron chi connectivity index (χ0n) is 11.2. The number of rotatable bonds is 6. The van der Waals surface area contributed by atoms with Crippen molar-refractivity contribution in [3.8, 4) is 0 Å². The third-order valence-electron chi connectivity index (χ3n) is 2.67. The summed E-state index contributed by atoms with van der Waals surface area (Å²) in [5, 5.41) is 7.65. The molecule has 0 amide bonds. The second-order valence-corrected chi connectivity index (χ2v) is 5.21. The Morgan fingerprint density at radius 1 is 1.32 bits per heavy atom. The number of aromatic nitrogens is 4. The molecule has 0 spiro atoms. The molecule has 102 valence electrons. The fraction of sp³-hybridized carbons (Fsp3) is 0.462. The summed E-state index contributed by atoms with van der Waals surface area (Å²) in [6.07, 6.45) is 4.78. The monoisotopic (exact) mass is 323 g/mol. The van der Waals surface area contributed by atoms with Gasteiger partial charge in [0, 0.05) is 38.7 Å². The third kappa shape index (κ3) is 4.31. The van der Waals surface area contributed by atoms with Gasteiger partial charge in [-0.3, -0.25) is 4.68 Å². The van der Waals surface area contributed by atoms with Gasteiger partial charge < -0.3 is 5.32 Å². The van der Waals surface area contributed by atoms with E-state index in [-0.39, 0.29) is 0 Å². The van der Waals surface area contributed by atoms with Gasteiger partial charge >= 0.3 is 0 Å². The number of nitrogens with zero attached hydrogens (tertiary/aromatic N) is 4. The summed E-state index contributed by atoms with van der Waals surface area (Å²) in [6.45, 7) is 2.93. The first-order valence-electron chi connectivity index (χ1n) is 6.43. The highest BCUT2D eigenvalue weighted by Gasteiger charge is 2.03. The highest BCUT2D eigenvalue weighted by molar-refractivity contribution is 9.10. The Kier molecular flexibility index (Phi) is 4.90. The van der Waals surface area contributed by atoms with Gasteiger partial charge in [-0.1, -0.05) is 6.92 Å². The van der Waals surface area contributed by atoms with Gasteiger partial charge in [0.1, 0.15) is 16.2 Å². The summed E-state index contributed by atoms with van der Waals surface area (Å²) in [5.74, 6) is 1.73. The van der Waals surface area contributed by atoms with Gasteiger partial charge in [0.05, 0.1) is 5.69 Å². The molecule has 0 aliphatic rings. The lowest BCUT2D eigenvalue weighted by Gasteiger charge is -2.06. The molecule has 1 N–H and O–H groups in total. The van der Waals surface area contributed by atoms with E-state index in [1.807, 2.05) is 30.1 Å². The molecule has 0 bridgehead atoms. The third-order valence-corrected chi connectivity index (χ3v) is 3.08. The van der Waals surface area contributed by atoms with Crippen molar-refractivity contribution >= 4 is 21.7 Å². The van der Waals surface area contributed by atoms with Crippen molar-refractivity contribution in [3.63, 3.8) is 0 Å². The Bertz CT molecular complexity index is 538. The molecule has 0 aliphatic heterocycles. The Labute approximate surface area is 121 Å². The molecule has 2 rings (SSSR count). The van der Waals surface area contributed by atoms with E-state index in [0.29, 0.717) is 0 Å². The SMILES string of the molecule is CCCc1nc(Br)cc(NCCc2ccn(C)n2)n1. The van der Waals surface area contributed by atoms with Crippen molar-refractivity contribution in [2.24, 2.45) is 7.05 Å². The van der Waals surface area contributed by atoms with Crippen molar-refractivity contribution in [2.75, 3.05) is 11.9 Å². The van der Waals surface area contributed by atoms with Crippen LogP contribution in [0.3, 0.4) is 0 Å². The van der Waals surface area contributed by atoms with Crippen LogP contribution in [0.25, 0.3) is 0 Å². The summed E-state index contributed by atoms with van der Waals surface area (Å²) >= 11 is 3.42. The lowest BCUT2D eigenvalue weighted by molar-refractivity contribution is 0.741. The molecule has 2 aromatic rings. The van der Waals surface area contributed by atoms with Crippen molar-refractivity contribution in [1.29, 1.82) is 0 Å². The van der Waals surface area contributed by atoms with Crippen molar-refractivity contribution < 1.29 is 0 Å². The quantitative estimate of drug-likeness (QED) is 0.830. The average Bonchev–Trinajstić information content (AvgIpc) is 2.75. The predicted molar refractivity (Wildman–Crippen MR) is 79.1 cm³/mol. The highest BCUT2D eigenvalue weighted by Crippen LogP contribution is 2.13. The second-order valence-electron chi connectivity index (χ2n) is 4.40. The minimum absolute atomic E-state index is 0.812. The predicted octanol–water partition coefficient (Wildman–Crippen LogP) is 2.58. The Balaban J connectivity index is 1.91. The topological polar surface area (TPSA) is 55.6 Å². The fourth-order valence-corrected chi connectivity index (χ4v) is 2.23. The molecule has 0 saturated heterocycles. The van der Waals surface area contributed by atoms with Gasteiger partial charge in [-0.2, -0.15) is 5.10 Å². The summed E-state index contributed by atoms with van der Waals surface area (Å²) in [5.41, 5.74) is 1.08. The van der Waals surface area contributed by atoms with E-state index in [1.54, 1.807) is 0 Å². The van der Waals surface area contributed by atoms with Crippen LogP contribution in [-0.2, 0) is 19.9 Å². The molecule has 0 unspecified atom stereocenters. The maximum absolute atomic E-state index is 4.48. The van der Waals surface area contributed by atoms with Gasteiger partial charge in [-0.15, -0.1) is 0 Å². The Morgan fingerprint density at radius 3 is 2.84 bits per heavy atom. The van der Waals surface area contributed by atoms with Gasteiger partial charge in [0.15, 0.2) is 0 Å². The van der Waals surface area contributed by atoms with Gasteiger partial charge in [-0.05, 0) is 28.4 Å². The number of anilines is 1. The first-order valence-corrected chi connectivity index (χ1v) is 7.22. The normalized spacial score (nSPS) is 10.7. The maximum atomic E-state index is 4.48. The largest absolute Gasteiger partial charge is 0.370 e. The first kappa shape index (κ1) is 14.0. The fourth-order valence-electron chi connectivity index (χ4n) is 1.81. The summed E-state index contributed by atoms with van der Waals surface area (Å²) in [4.78, 5) is 8.82. The molecular formula is C13H18BrN5. The van der Waals surface area contributed by atoms with E-state index in [4.69, 9.17) is 0 Å². The van der Waals surface area contributed by atoms with E-state index in [1.165, 1.54) is 0 Å². The standard InChI is InChI=1S/C13H18BrN5/c1-3-4-12-16-11(14)9-13(17-12)15-7-5-10-6-8-19(2)18-10/h6,8-9H,3-5,7H2,1-2H3,(H,15,16,17). The van der Waals surface area contributed by atoms with E-state index in [9.17, 15) is 0 Å². The van der Waals surface area contributed by atoms with Crippen LogP contribution in [0.1, 0.15) is 24.9 Å². The second kappa shape index (κ2) is 6.65. The molecule has 0 atom stereocenters. The highest BCUT2D eigenvalue weighted by atomic mass is 79.9. The molecule has 0 radical (unpaired) electrons.